The second-order valence-electron chi connectivity index (χ2n) is 4.31. The normalized spacial score (nSPS) is 18.6. The monoisotopic (exact) mass is 272 g/mol. The van der Waals surface area contributed by atoms with Crippen molar-refractivity contribution in [3.05, 3.63) is 42.1 Å². The number of nitrogens with one attached hydrogen (secondary N) is 1. The van der Waals surface area contributed by atoms with Crippen molar-refractivity contribution in [2.75, 3.05) is 13.3 Å². The predicted octanol–water partition coefficient (Wildman–Crippen LogP) is 1.49. The first kappa shape index (κ1) is 12.3. The summed E-state index contributed by atoms with van der Waals surface area (Å²) in [5.74, 6) is 0.925. The first-order valence-electron chi connectivity index (χ1n) is 6.04. The summed E-state index contributed by atoms with van der Waals surface area (Å²) in [6.45, 7) is 3.89. The van der Waals surface area contributed by atoms with Crippen LogP contribution in [0.15, 0.2) is 36.6 Å². The highest BCUT2D eigenvalue weighted by molar-refractivity contribution is 6.14. The second kappa shape index (κ2) is 4.73. The molecule has 0 atom stereocenters. The van der Waals surface area contributed by atoms with Crippen LogP contribution in [0.1, 0.15) is 5.56 Å². The van der Waals surface area contributed by atoms with E-state index in [2.05, 4.69) is 11.9 Å². The Labute approximate surface area is 115 Å². The van der Waals surface area contributed by atoms with Crippen LogP contribution in [0.4, 0.5) is 4.79 Å². The summed E-state index contributed by atoms with van der Waals surface area (Å²) in [5.41, 5.74) is 0.981. The molecule has 2 aliphatic rings. The molecule has 0 unspecified atom stereocenters. The third-order valence-electron chi connectivity index (χ3n) is 2.98. The van der Waals surface area contributed by atoms with E-state index in [9.17, 15) is 9.59 Å². The van der Waals surface area contributed by atoms with E-state index >= 15 is 0 Å². The summed E-state index contributed by atoms with van der Waals surface area (Å²) in [6, 6.07) is 4.86. The minimum Gasteiger partial charge on any atom is -0.454 e. The zero-order valence-electron chi connectivity index (χ0n) is 10.6. The van der Waals surface area contributed by atoms with Gasteiger partial charge in [0, 0.05) is 6.54 Å². The average Bonchev–Trinajstić information content (AvgIpc) is 2.99. The molecule has 6 heteroatoms. The highest BCUT2D eigenvalue weighted by Crippen LogP contribution is 2.33. The van der Waals surface area contributed by atoms with Crippen molar-refractivity contribution in [3.63, 3.8) is 0 Å². The van der Waals surface area contributed by atoms with E-state index in [4.69, 9.17) is 9.47 Å². The van der Waals surface area contributed by atoms with E-state index in [-0.39, 0.29) is 24.9 Å². The van der Waals surface area contributed by atoms with E-state index < -0.39 is 6.03 Å². The molecule has 0 aliphatic carbocycles. The molecule has 1 aromatic carbocycles. The zero-order valence-corrected chi connectivity index (χ0v) is 10.6. The Bertz CT molecular complexity index is 636. The quantitative estimate of drug-likeness (QED) is 0.514. The fourth-order valence-electron chi connectivity index (χ4n) is 2.04. The molecule has 0 spiro atoms. The maximum Gasteiger partial charge on any atom is 0.329 e. The van der Waals surface area contributed by atoms with E-state index in [0.29, 0.717) is 11.5 Å². The van der Waals surface area contributed by atoms with Gasteiger partial charge < -0.3 is 14.8 Å². The molecule has 3 rings (SSSR count). The highest BCUT2D eigenvalue weighted by Gasteiger charge is 2.32. The predicted molar refractivity (Wildman–Crippen MR) is 71.0 cm³/mol. The smallest absolute Gasteiger partial charge is 0.329 e. The van der Waals surface area contributed by atoms with Crippen LogP contribution in [0.5, 0.6) is 11.5 Å². The number of carbonyl (C=O) groups excluding carboxylic acids is 2. The second-order valence-corrected chi connectivity index (χ2v) is 4.31. The molecule has 6 nitrogen and oxygen atoms in total. The number of fused-ring (bicyclic) bond motifs is 1. The van der Waals surface area contributed by atoms with Crippen LogP contribution >= 0.6 is 0 Å². The first-order chi connectivity index (χ1) is 9.69. The van der Waals surface area contributed by atoms with E-state index in [1.54, 1.807) is 24.3 Å². The van der Waals surface area contributed by atoms with Gasteiger partial charge in [-0.1, -0.05) is 12.1 Å². The Kier molecular flexibility index (Phi) is 2.90. The fraction of sp³-hybridized carbons (Fsp3) is 0.143. The van der Waals surface area contributed by atoms with Gasteiger partial charge in [0.15, 0.2) is 11.5 Å². The number of carbonyl (C=O) groups is 2. The minimum atomic E-state index is -0.443. The van der Waals surface area contributed by atoms with Gasteiger partial charge in [0.25, 0.3) is 5.91 Å². The van der Waals surface area contributed by atoms with Gasteiger partial charge in [0.1, 0.15) is 5.70 Å². The number of nitrogens with zero attached hydrogens (tertiary/aromatic N) is 1. The van der Waals surface area contributed by atoms with Gasteiger partial charge in [-0.25, -0.2) is 4.79 Å². The van der Waals surface area contributed by atoms with Crippen molar-refractivity contribution in [2.45, 2.75) is 0 Å². The Balaban J connectivity index is 1.87. The van der Waals surface area contributed by atoms with Crippen LogP contribution < -0.4 is 14.8 Å². The molecule has 20 heavy (non-hydrogen) atoms. The van der Waals surface area contributed by atoms with E-state index in [1.165, 1.54) is 6.08 Å². The molecule has 1 aromatic rings. The topological polar surface area (TPSA) is 67.9 Å². The maximum absolute atomic E-state index is 12.0. The molecule has 102 valence electrons. The van der Waals surface area contributed by atoms with Crippen molar-refractivity contribution >= 4 is 18.0 Å². The number of rotatable bonds is 3. The number of amides is 3. The van der Waals surface area contributed by atoms with Crippen molar-refractivity contribution in [1.29, 1.82) is 0 Å². The molecule has 1 fully saturated rings. The van der Waals surface area contributed by atoms with Gasteiger partial charge in [-0.3, -0.25) is 9.69 Å². The largest absolute Gasteiger partial charge is 0.454 e. The average molecular weight is 272 g/mol. The van der Waals surface area contributed by atoms with Gasteiger partial charge in [-0.05, 0) is 23.8 Å². The van der Waals surface area contributed by atoms with Crippen LogP contribution in [0, 0.1) is 0 Å². The number of hydrogen-bond acceptors (Lipinski definition) is 4. The number of urea groups is 1. The van der Waals surface area contributed by atoms with E-state index in [0.717, 1.165) is 10.5 Å². The fourth-order valence-corrected chi connectivity index (χ4v) is 2.04. The van der Waals surface area contributed by atoms with Crippen molar-refractivity contribution in [3.8, 4) is 11.5 Å². The lowest BCUT2D eigenvalue weighted by molar-refractivity contribution is -0.122. The molecule has 2 aliphatic heterocycles. The van der Waals surface area contributed by atoms with Gasteiger partial charge in [0.2, 0.25) is 6.79 Å². The first-order valence-corrected chi connectivity index (χ1v) is 6.04. The maximum atomic E-state index is 12.0. The molecule has 3 amide bonds. The molecular weight excluding hydrogens is 260 g/mol. The van der Waals surface area contributed by atoms with E-state index in [1.807, 2.05) is 0 Å². The highest BCUT2D eigenvalue weighted by atomic mass is 16.7. The van der Waals surface area contributed by atoms with Crippen LogP contribution in [0.2, 0.25) is 0 Å². The van der Waals surface area contributed by atoms with Gasteiger partial charge in [-0.15, -0.1) is 6.58 Å². The van der Waals surface area contributed by atoms with Crippen LogP contribution in [-0.4, -0.2) is 30.2 Å². The van der Waals surface area contributed by atoms with Crippen LogP contribution in [0.25, 0.3) is 6.08 Å². The summed E-state index contributed by atoms with van der Waals surface area (Å²) in [7, 11) is 0. The van der Waals surface area contributed by atoms with Crippen molar-refractivity contribution in [1.82, 2.24) is 10.2 Å². The van der Waals surface area contributed by atoms with Gasteiger partial charge in [0.05, 0.1) is 0 Å². The standard InChI is InChI=1S/C14H12N2O4/c1-2-5-16-13(17)10(15-14(16)18)6-9-3-4-11-12(7-9)20-8-19-11/h2-4,6-7H,1,5,8H2,(H,15,18)/b10-6+. The lowest BCUT2D eigenvalue weighted by Gasteiger charge is -2.06. The molecule has 0 bridgehead atoms. The molecule has 1 N–H and O–H groups in total. The summed E-state index contributed by atoms with van der Waals surface area (Å²) in [5, 5.41) is 2.53. The number of hydrogen-bond donors (Lipinski definition) is 1. The SMILES string of the molecule is C=CCN1C(=O)N/C(=C/c2ccc3c(c2)OCO3)C1=O. The Morgan fingerprint density at radius 3 is 2.90 bits per heavy atom. The van der Waals surface area contributed by atoms with Gasteiger partial charge >= 0.3 is 6.03 Å². The lowest BCUT2D eigenvalue weighted by Crippen LogP contribution is -2.30. The number of benzene rings is 1. The molecule has 0 radical (unpaired) electrons. The Morgan fingerprint density at radius 1 is 1.30 bits per heavy atom. The van der Waals surface area contributed by atoms with Gasteiger partial charge in [-0.2, -0.15) is 0 Å². The molecule has 0 saturated carbocycles. The Hall–Kier alpha value is -2.76. The third-order valence-corrected chi connectivity index (χ3v) is 2.98. The lowest BCUT2D eigenvalue weighted by atomic mass is 10.1. The third kappa shape index (κ3) is 2.01. The van der Waals surface area contributed by atoms with Crippen molar-refractivity contribution in [2.24, 2.45) is 0 Å². The molecule has 2 heterocycles. The summed E-state index contributed by atoms with van der Waals surface area (Å²) < 4.78 is 10.5. The Morgan fingerprint density at radius 2 is 2.10 bits per heavy atom. The molecule has 0 aromatic heterocycles. The van der Waals surface area contributed by atoms with Crippen molar-refractivity contribution < 1.29 is 19.1 Å². The molecule has 1 saturated heterocycles. The minimum absolute atomic E-state index is 0.184. The summed E-state index contributed by atoms with van der Waals surface area (Å²) in [4.78, 5) is 24.7. The van der Waals surface area contributed by atoms with Crippen LogP contribution in [-0.2, 0) is 4.79 Å². The van der Waals surface area contributed by atoms with Crippen LogP contribution in [0.3, 0.4) is 0 Å². The molecular formula is C14H12N2O4. The summed E-state index contributed by atoms with van der Waals surface area (Å²) >= 11 is 0. The summed E-state index contributed by atoms with van der Waals surface area (Å²) in [6.07, 6.45) is 3.10. The number of ether oxygens (including phenoxy) is 2. The number of imide groups is 1. The zero-order chi connectivity index (χ0) is 14.1.